The van der Waals surface area contributed by atoms with Crippen molar-refractivity contribution in [3.63, 3.8) is 0 Å². The molecule has 7 heteroatoms. The number of hydrogen-bond acceptors (Lipinski definition) is 4. The number of carbonyl (C=O) groups excluding carboxylic acids is 1. The smallest absolute Gasteiger partial charge is 0.312 e. The van der Waals surface area contributed by atoms with Gasteiger partial charge in [-0.1, -0.05) is 18.2 Å². The lowest BCUT2D eigenvalue weighted by Gasteiger charge is -2.17. The Labute approximate surface area is 139 Å². The Kier molecular flexibility index (Phi) is 4.01. The van der Waals surface area contributed by atoms with Crippen LogP contribution in [0.25, 0.3) is 0 Å². The predicted octanol–water partition coefficient (Wildman–Crippen LogP) is 1.63. The van der Waals surface area contributed by atoms with Crippen LogP contribution in [0.3, 0.4) is 0 Å². The van der Waals surface area contributed by atoms with E-state index in [0.717, 1.165) is 5.69 Å². The van der Waals surface area contributed by atoms with Crippen molar-refractivity contribution in [2.75, 3.05) is 18.1 Å². The highest BCUT2D eigenvalue weighted by molar-refractivity contribution is 5.99. The van der Waals surface area contributed by atoms with Crippen LogP contribution in [0.5, 0.6) is 5.75 Å². The summed E-state index contributed by atoms with van der Waals surface area (Å²) in [6.45, 7) is 3.65. The number of carbonyl (C=O) groups is 2. The van der Waals surface area contributed by atoms with Gasteiger partial charge in [-0.3, -0.25) is 14.3 Å². The highest BCUT2D eigenvalue weighted by Crippen LogP contribution is 2.36. The molecule has 0 unspecified atom stereocenters. The van der Waals surface area contributed by atoms with Gasteiger partial charge in [0, 0.05) is 19.3 Å². The van der Waals surface area contributed by atoms with Gasteiger partial charge in [0.1, 0.15) is 11.6 Å². The van der Waals surface area contributed by atoms with Crippen LogP contribution in [-0.2, 0) is 16.6 Å². The number of para-hydroxylation sites is 1. The molecule has 1 aromatic carbocycles. The lowest BCUT2D eigenvalue weighted by Crippen LogP contribution is -2.35. The molecule has 0 bridgehead atoms. The fourth-order valence-electron chi connectivity index (χ4n) is 3.03. The minimum atomic E-state index is -0.933. The molecule has 1 amide bonds. The maximum Gasteiger partial charge on any atom is 0.312 e. The first-order valence-corrected chi connectivity index (χ1v) is 7.65. The van der Waals surface area contributed by atoms with Crippen LogP contribution in [0.1, 0.15) is 22.9 Å². The van der Waals surface area contributed by atoms with E-state index in [2.05, 4.69) is 5.10 Å². The number of hydrogen-bond donors (Lipinski definition) is 1. The number of aryl methyl sites for hydroxylation is 2. The molecule has 0 saturated carbocycles. The summed E-state index contributed by atoms with van der Waals surface area (Å²) in [5, 5.41) is 13.6. The van der Waals surface area contributed by atoms with Crippen molar-refractivity contribution in [1.29, 1.82) is 0 Å². The van der Waals surface area contributed by atoms with E-state index in [9.17, 15) is 14.7 Å². The average molecular weight is 329 g/mol. The van der Waals surface area contributed by atoms with Crippen LogP contribution in [-0.4, -0.2) is 39.9 Å². The number of aliphatic carboxylic acids is 1. The van der Waals surface area contributed by atoms with Crippen LogP contribution in [0.2, 0.25) is 0 Å². The first kappa shape index (κ1) is 16.0. The summed E-state index contributed by atoms with van der Waals surface area (Å²) < 4.78 is 7.35. The monoisotopic (exact) mass is 329 g/mol. The summed E-state index contributed by atoms with van der Waals surface area (Å²) >= 11 is 0. The molecule has 0 saturated heterocycles. The number of rotatable bonds is 4. The van der Waals surface area contributed by atoms with E-state index in [1.54, 1.807) is 28.9 Å². The van der Waals surface area contributed by atoms with Gasteiger partial charge in [-0.05, 0) is 25.5 Å². The van der Waals surface area contributed by atoms with Gasteiger partial charge in [-0.25, -0.2) is 0 Å². The molecule has 1 aliphatic rings. The Morgan fingerprint density at radius 2 is 2.04 bits per heavy atom. The van der Waals surface area contributed by atoms with Crippen molar-refractivity contribution >= 4 is 17.6 Å². The molecule has 1 N–H and O–H groups in total. The van der Waals surface area contributed by atoms with Gasteiger partial charge in [0.2, 0.25) is 0 Å². The number of ether oxygens (including phenoxy) is 1. The molecule has 0 fully saturated rings. The fourth-order valence-corrected chi connectivity index (χ4v) is 3.03. The molecular formula is C17H19N3O4. The molecule has 1 aliphatic heterocycles. The maximum atomic E-state index is 12.6. The van der Waals surface area contributed by atoms with E-state index in [0.29, 0.717) is 22.7 Å². The number of benzene rings is 1. The van der Waals surface area contributed by atoms with Gasteiger partial charge in [0.15, 0.2) is 12.4 Å². The summed E-state index contributed by atoms with van der Waals surface area (Å²) in [5.41, 5.74) is 2.85. The number of amides is 1. The van der Waals surface area contributed by atoms with Crippen molar-refractivity contribution in [2.45, 2.75) is 19.8 Å². The SMILES string of the molecule is Cc1nn(C)c(C)c1OCC(=O)N1C[C@@H](C(=O)O)c2ccccc21. The van der Waals surface area contributed by atoms with Crippen LogP contribution in [0, 0.1) is 13.8 Å². The topological polar surface area (TPSA) is 84.7 Å². The molecule has 2 heterocycles. The normalized spacial score (nSPS) is 16.1. The fraction of sp³-hybridized carbons (Fsp3) is 0.353. The summed E-state index contributed by atoms with van der Waals surface area (Å²) in [6, 6.07) is 7.08. The van der Waals surface area contributed by atoms with E-state index in [4.69, 9.17) is 4.74 Å². The molecule has 0 aliphatic carbocycles. The number of carboxylic acid groups (broad SMARTS) is 1. The third-order valence-corrected chi connectivity index (χ3v) is 4.35. The molecule has 2 aromatic rings. The lowest BCUT2D eigenvalue weighted by atomic mass is 10.0. The summed E-state index contributed by atoms with van der Waals surface area (Å²) in [6.07, 6.45) is 0. The van der Waals surface area contributed by atoms with E-state index >= 15 is 0 Å². The quantitative estimate of drug-likeness (QED) is 0.921. The minimum absolute atomic E-state index is 0.127. The molecule has 3 rings (SSSR count). The van der Waals surface area contributed by atoms with E-state index < -0.39 is 11.9 Å². The molecule has 1 atom stereocenters. The van der Waals surface area contributed by atoms with Gasteiger partial charge >= 0.3 is 5.97 Å². The van der Waals surface area contributed by atoms with Crippen LogP contribution in [0.4, 0.5) is 5.69 Å². The molecule has 0 spiro atoms. The molecule has 1 aromatic heterocycles. The van der Waals surface area contributed by atoms with Gasteiger partial charge in [-0.15, -0.1) is 0 Å². The number of aromatic nitrogens is 2. The highest BCUT2D eigenvalue weighted by atomic mass is 16.5. The molecule has 0 radical (unpaired) electrons. The van der Waals surface area contributed by atoms with Crippen LogP contribution >= 0.6 is 0 Å². The van der Waals surface area contributed by atoms with E-state index in [-0.39, 0.29) is 19.1 Å². The largest absolute Gasteiger partial charge is 0.481 e. The molecule has 24 heavy (non-hydrogen) atoms. The molecule has 126 valence electrons. The molecule has 7 nitrogen and oxygen atoms in total. The second kappa shape index (κ2) is 5.99. The average Bonchev–Trinajstić information content (AvgIpc) is 3.04. The van der Waals surface area contributed by atoms with Crippen molar-refractivity contribution in [1.82, 2.24) is 9.78 Å². The summed E-state index contributed by atoms with van der Waals surface area (Å²) in [4.78, 5) is 25.5. The van der Waals surface area contributed by atoms with Gasteiger partial charge < -0.3 is 14.7 Å². The van der Waals surface area contributed by atoms with Gasteiger partial charge in [0.25, 0.3) is 5.91 Å². The van der Waals surface area contributed by atoms with Crippen LogP contribution < -0.4 is 9.64 Å². The zero-order valence-corrected chi connectivity index (χ0v) is 13.8. The van der Waals surface area contributed by atoms with Crippen molar-refractivity contribution in [2.24, 2.45) is 7.05 Å². The number of carboxylic acids is 1. The Morgan fingerprint density at radius 3 is 2.67 bits per heavy atom. The zero-order chi connectivity index (χ0) is 17.4. The van der Waals surface area contributed by atoms with Crippen LogP contribution in [0.15, 0.2) is 24.3 Å². The standard InChI is InChI=1S/C17H19N3O4/c1-10-16(11(2)19(3)18-10)24-9-15(21)20-8-13(17(22)23)12-6-4-5-7-14(12)20/h4-7,13H,8-9H2,1-3H3,(H,22,23)/t13-/m1/s1. The second-order valence-corrected chi connectivity index (χ2v) is 5.87. The number of fused-ring (bicyclic) bond motifs is 1. The van der Waals surface area contributed by atoms with E-state index in [1.165, 1.54) is 4.90 Å². The van der Waals surface area contributed by atoms with Gasteiger partial charge in [-0.2, -0.15) is 5.10 Å². The maximum absolute atomic E-state index is 12.6. The summed E-state index contributed by atoms with van der Waals surface area (Å²) in [7, 11) is 1.81. The Morgan fingerprint density at radius 1 is 1.33 bits per heavy atom. The van der Waals surface area contributed by atoms with Crippen molar-refractivity contribution < 1.29 is 19.4 Å². The summed E-state index contributed by atoms with van der Waals surface area (Å²) in [5.74, 6) is -1.31. The van der Waals surface area contributed by atoms with E-state index in [1.807, 2.05) is 20.9 Å². The number of anilines is 1. The minimum Gasteiger partial charge on any atom is -0.481 e. The Balaban J connectivity index is 1.78. The highest BCUT2D eigenvalue weighted by Gasteiger charge is 2.36. The second-order valence-electron chi connectivity index (χ2n) is 5.87. The van der Waals surface area contributed by atoms with Gasteiger partial charge in [0.05, 0.1) is 5.69 Å². The number of nitrogens with zero attached hydrogens (tertiary/aromatic N) is 3. The van der Waals surface area contributed by atoms with Crippen molar-refractivity contribution in [3.05, 3.63) is 41.2 Å². The Hall–Kier alpha value is -2.83. The predicted molar refractivity (Wildman–Crippen MR) is 87.3 cm³/mol. The molecular weight excluding hydrogens is 310 g/mol. The zero-order valence-electron chi connectivity index (χ0n) is 13.8. The third-order valence-electron chi connectivity index (χ3n) is 4.35. The Bertz CT molecular complexity index is 812. The first-order valence-electron chi connectivity index (χ1n) is 7.65. The van der Waals surface area contributed by atoms with Crippen molar-refractivity contribution in [3.8, 4) is 5.75 Å². The third kappa shape index (κ3) is 2.62. The first-order chi connectivity index (χ1) is 11.4. The lowest BCUT2D eigenvalue weighted by molar-refractivity contribution is -0.138.